The van der Waals surface area contributed by atoms with Gasteiger partial charge >= 0.3 is 0 Å². The van der Waals surface area contributed by atoms with Gasteiger partial charge in [-0.3, -0.25) is 14.8 Å². The molecule has 0 fully saturated rings. The number of para-hydroxylation sites is 1. The fourth-order valence-electron chi connectivity index (χ4n) is 1.85. The Balaban J connectivity index is 2.38. The lowest BCUT2D eigenvalue weighted by atomic mass is 10.1. The van der Waals surface area contributed by atoms with Crippen molar-refractivity contribution < 1.29 is 4.92 Å². The number of aromatic nitrogens is 2. The number of hydrogen-bond acceptors (Lipinski definition) is 4. The smallest absolute Gasteiger partial charge is 0.292 e. The summed E-state index contributed by atoms with van der Waals surface area (Å²) in [5.41, 5.74) is 1.49. The van der Waals surface area contributed by atoms with Crippen molar-refractivity contribution in [3.8, 4) is 0 Å². The number of anilines is 1. The third-order valence-corrected chi connectivity index (χ3v) is 3.02. The van der Waals surface area contributed by atoms with Gasteiger partial charge in [-0.15, -0.1) is 0 Å². The van der Waals surface area contributed by atoms with Gasteiger partial charge in [0.25, 0.3) is 5.69 Å². The van der Waals surface area contributed by atoms with Crippen LogP contribution < -0.4 is 5.32 Å². The van der Waals surface area contributed by atoms with Crippen molar-refractivity contribution in [3.63, 3.8) is 0 Å². The highest BCUT2D eigenvalue weighted by atomic mass is 79.9. The predicted molar refractivity (Wildman–Crippen MR) is 76.3 cm³/mol. The zero-order valence-corrected chi connectivity index (χ0v) is 11.9. The maximum absolute atomic E-state index is 11.0. The van der Waals surface area contributed by atoms with Crippen molar-refractivity contribution >= 4 is 27.3 Å². The van der Waals surface area contributed by atoms with Crippen molar-refractivity contribution in [1.29, 1.82) is 0 Å². The molecule has 0 radical (unpaired) electrons. The molecule has 6 nitrogen and oxygen atoms in total. The van der Waals surface area contributed by atoms with Crippen molar-refractivity contribution in [3.05, 3.63) is 50.7 Å². The summed E-state index contributed by atoms with van der Waals surface area (Å²) in [6.45, 7) is 3.02. The van der Waals surface area contributed by atoms with Gasteiger partial charge in [0.05, 0.1) is 22.1 Å². The molecule has 2 aromatic rings. The number of nitro benzene ring substituents is 1. The molecule has 1 aromatic heterocycles. The monoisotopic (exact) mass is 324 g/mol. The van der Waals surface area contributed by atoms with Gasteiger partial charge in [-0.2, -0.15) is 5.10 Å². The molecule has 0 spiro atoms. The van der Waals surface area contributed by atoms with Crippen molar-refractivity contribution in [2.24, 2.45) is 0 Å². The van der Waals surface area contributed by atoms with Crippen LogP contribution in [-0.2, 0) is 6.54 Å². The Labute approximate surface area is 118 Å². The number of nitrogens with zero attached hydrogens (tertiary/aromatic N) is 3. The Morgan fingerprint density at radius 3 is 2.89 bits per heavy atom. The Bertz CT molecular complexity index is 597. The number of benzene rings is 1. The molecule has 0 aliphatic rings. The Hall–Kier alpha value is -1.89. The van der Waals surface area contributed by atoms with Crippen molar-refractivity contribution in [1.82, 2.24) is 9.78 Å². The molecule has 2 rings (SSSR count). The summed E-state index contributed by atoms with van der Waals surface area (Å²) in [5.74, 6) is 0. The number of hydrogen-bond donors (Lipinski definition) is 1. The molecule has 1 aromatic carbocycles. The van der Waals surface area contributed by atoms with E-state index in [0.717, 1.165) is 10.0 Å². The molecular formula is C12H13BrN4O2. The molecule has 0 unspecified atom stereocenters. The number of rotatable bonds is 5. The zero-order chi connectivity index (χ0) is 13.8. The van der Waals surface area contributed by atoms with E-state index in [9.17, 15) is 10.1 Å². The van der Waals surface area contributed by atoms with E-state index >= 15 is 0 Å². The second-order valence-corrected chi connectivity index (χ2v) is 4.87. The summed E-state index contributed by atoms with van der Waals surface area (Å²) in [7, 11) is 0. The second kappa shape index (κ2) is 5.83. The minimum atomic E-state index is -0.375. The van der Waals surface area contributed by atoms with Crippen LogP contribution in [0.25, 0.3) is 0 Å². The van der Waals surface area contributed by atoms with E-state index in [2.05, 4.69) is 26.3 Å². The van der Waals surface area contributed by atoms with Crippen LogP contribution in [0.4, 0.5) is 11.4 Å². The lowest BCUT2D eigenvalue weighted by molar-refractivity contribution is -0.384. The van der Waals surface area contributed by atoms with Gasteiger partial charge < -0.3 is 5.32 Å². The first-order valence-corrected chi connectivity index (χ1v) is 6.59. The summed E-state index contributed by atoms with van der Waals surface area (Å²) < 4.78 is 2.60. The maximum atomic E-state index is 11.0. The fraction of sp³-hybridized carbons (Fsp3) is 0.250. The molecule has 0 amide bonds. The highest BCUT2D eigenvalue weighted by Gasteiger charge is 2.16. The molecule has 0 aliphatic heterocycles. The topological polar surface area (TPSA) is 73.0 Å². The molecule has 0 saturated carbocycles. The van der Waals surface area contributed by atoms with E-state index in [1.54, 1.807) is 16.9 Å². The highest BCUT2D eigenvalue weighted by molar-refractivity contribution is 9.10. The summed E-state index contributed by atoms with van der Waals surface area (Å²) in [5, 5.41) is 18.3. The van der Waals surface area contributed by atoms with Crippen LogP contribution in [0, 0.1) is 10.1 Å². The minimum Gasteiger partial charge on any atom is -0.379 e. The molecule has 1 N–H and O–H groups in total. The summed E-state index contributed by atoms with van der Waals surface area (Å²) in [6, 6.07) is 5.05. The summed E-state index contributed by atoms with van der Waals surface area (Å²) in [6.07, 6.45) is 3.51. The highest BCUT2D eigenvalue weighted by Crippen LogP contribution is 2.28. The van der Waals surface area contributed by atoms with Gasteiger partial charge in [-0.05, 0) is 22.9 Å². The lowest BCUT2D eigenvalue weighted by Crippen LogP contribution is -2.08. The molecule has 0 saturated heterocycles. The Kier molecular flexibility index (Phi) is 4.16. The minimum absolute atomic E-state index is 0.0885. The number of halogens is 1. The van der Waals surface area contributed by atoms with Crippen LogP contribution in [0.5, 0.6) is 0 Å². The normalized spacial score (nSPS) is 10.4. The SMILES string of the molecule is CCNc1c(Cn2cc(Br)cn2)cccc1[N+](=O)[O-]. The van der Waals surface area contributed by atoms with E-state index in [-0.39, 0.29) is 10.6 Å². The molecular weight excluding hydrogens is 312 g/mol. The van der Waals surface area contributed by atoms with Crippen LogP contribution >= 0.6 is 15.9 Å². The van der Waals surface area contributed by atoms with E-state index in [1.165, 1.54) is 6.07 Å². The molecule has 1 heterocycles. The van der Waals surface area contributed by atoms with E-state index in [1.807, 2.05) is 19.2 Å². The molecule has 19 heavy (non-hydrogen) atoms. The third kappa shape index (κ3) is 3.11. The summed E-state index contributed by atoms with van der Waals surface area (Å²) >= 11 is 3.33. The first-order chi connectivity index (χ1) is 9.11. The van der Waals surface area contributed by atoms with E-state index < -0.39 is 0 Å². The number of nitro groups is 1. The van der Waals surface area contributed by atoms with Gasteiger partial charge in [-0.1, -0.05) is 12.1 Å². The van der Waals surface area contributed by atoms with Crippen molar-refractivity contribution in [2.75, 3.05) is 11.9 Å². The quantitative estimate of drug-likeness (QED) is 0.677. The van der Waals surface area contributed by atoms with Crippen molar-refractivity contribution in [2.45, 2.75) is 13.5 Å². The van der Waals surface area contributed by atoms with Gasteiger partial charge in [-0.25, -0.2) is 0 Å². The zero-order valence-electron chi connectivity index (χ0n) is 10.3. The average molecular weight is 325 g/mol. The molecule has 0 bridgehead atoms. The lowest BCUT2D eigenvalue weighted by Gasteiger charge is -2.11. The van der Waals surface area contributed by atoms with Gasteiger partial charge in [0.2, 0.25) is 0 Å². The Morgan fingerprint density at radius 1 is 1.53 bits per heavy atom. The second-order valence-electron chi connectivity index (χ2n) is 3.95. The van der Waals surface area contributed by atoms with Crippen LogP contribution in [0.15, 0.2) is 35.1 Å². The largest absolute Gasteiger partial charge is 0.379 e. The number of nitrogens with one attached hydrogen (secondary N) is 1. The van der Waals surface area contributed by atoms with Crippen LogP contribution in [0.1, 0.15) is 12.5 Å². The Morgan fingerprint density at radius 2 is 2.32 bits per heavy atom. The maximum Gasteiger partial charge on any atom is 0.292 e. The molecule has 7 heteroatoms. The molecule has 0 aliphatic carbocycles. The molecule has 100 valence electrons. The van der Waals surface area contributed by atoms with Gasteiger partial charge in [0, 0.05) is 24.4 Å². The van der Waals surface area contributed by atoms with E-state index in [0.29, 0.717) is 18.8 Å². The first kappa shape index (κ1) is 13.5. The third-order valence-electron chi connectivity index (χ3n) is 2.61. The van der Waals surface area contributed by atoms with Gasteiger partial charge in [0.15, 0.2) is 0 Å². The molecule has 0 atom stereocenters. The van der Waals surface area contributed by atoms with Crippen LogP contribution in [-0.4, -0.2) is 21.2 Å². The first-order valence-electron chi connectivity index (χ1n) is 5.80. The summed E-state index contributed by atoms with van der Waals surface area (Å²) in [4.78, 5) is 10.7. The fourth-order valence-corrected chi connectivity index (χ4v) is 2.18. The average Bonchev–Trinajstić information content (AvgIpc) is 2.77. The van der Waals surface area contributed by atoms with Crippen LogP contribution in [0.3, 0.4) is 0 Å². The standard InChI is InChI=1S/C12H13BrN4O2/c1-2-14-12-9(4-3-5-11(12)17(18)19)7-16-8-10(13)6-15-16/h3-6,8,14H,2,7H2,1H3. The van der Waals surface area contributed by atoms with Crippen LogP contribution in [0.2, 0.25) is 0 Å². The predicted octanol–water partition coefficient (Wildman–Crippen LogP) is 3.03. The van der Waals surface area contributed by atoms with Gasteiger partial charge in [0.1, 0.15) is 5.69 Å². The van der Waals surface area contributed by atoms with E-state index in [4.69, 9.17) is 0 Å².